The Labute approximate surface area is 94.3 Å². The van der Waals surface area contributed by atoms with E-state index < -0.39 is 0 Å². The normalized spacial score (nSPS) is 19.5. The minimum absolute atomic E-state index is 0.405. The fourth-order valence-electron chi connectivity index (χ4n) is 1.71. The number of hydrogen-bond donors (Lipinski definition) is 1. The first-order valence-electron chi connectivity index (χ1n) is 4.91. The van der Waals surface area contributed by atoms with E-state index in [1.165, 1.54) is 0 Å². The highest BCUT2D eigenvalue weighted by atomic mass is 35.5. The zero-order chi connectivity index (χ0) is 10.8. The van der Waals surface area contributed by atoms with Crippen LogP contribution in [0.15, 0.2) is 12.1 Å². The van der Waals surface area contributed by atoms with E-state index in [4.69, 9.17) is 21.1 Å². The second kappa shape index (κ2) is 4.29. The highest BCUT2D eigenvalue weighted by Crippen LogP contribution is 2.38. The van der Waals surface area contributed by atoms with E-state index in [0.717, 1.165) is 18.5 Å². The van der Waals surface area contributed by atoms with Gasteiger partial charge in [0.2, 0.25) is 0 Å². The van der Waals surface area contributed by atoms with Crippen LogP contribution in [0.3, 0.4) is 0 Å². The van der Waals surface area contributed by atoms with Crippen LogP contribution in [0.4, 0.5) is 0 Å². The Morgan fingerprint density at radius 3 is 2.53 bits per heavy atom. The maximum absolute atomic E-state index is 6.11. The quantitative estimate of drug-likeness (QED) is 0.860. The Kier molecular flexibility index (Phi) is 3.03. The molecule has 0 saturated carbocycles. The Bertz CT molecular complexity index is 364. The molecule has 0 amide bonds. The van der Waals surface area contributed by atoms with Gasteiger partial charge >= 0.3 is 0 Å². The highest BCUT2D eigenvalue weighted by Gasteiger charge is 2.21. The predicted molar refractivity (Wildman–Crippen MR) is 59.9 cm³/mol. The van der Waals surface area contributed by atoms with Gasteiger partial charge in [0.25, 0.3) is 0 Å². The lowest BCUT2D eigenvalue weighted by molar-refractivity contribution is 0.349. The minimum Gasteiger partial charge on any atom is -0.493 e. The van der Waals surface area contributed by atoms with E-state index in [1.54, 1.807) is 14.2 Å². The number of ether oxygens (including phenoxy) is 2. The summed E-state index contributed by atoms with van der Waals surface area (Å²) in [5.74, 6) is 1.29. The molecule has 1 saturated heterocycles. The molecule has 1 aromatic rings. The molecule has 1 fully saturated rings. The van der Waals surface area contributed by atoms with Crippen LogP contribution in [0.25, 0.3) is 0 Å². The smallest absolute Gasteiger partial charge is 0.179 e. The van der Waals surface area contributed by atoms with Crippen molar-refractivity contribution in [2.75, 3.05) is 20.8 Å². The van der Waals surface area contributed by atoms with Gasteiger partial charge in [-0.2, -0.15) is 0 Å². The van der Waals surface area contributed by atoms with Crippen LogP contribution in [0.2, 0.25) is 5.02 Å². The third kappa shape index (κ3) is 1.90. The first-order chi connectivity index (χ1) is 7.26. The van der Waals surface area contributed by atoms with Crippen molar-refractivity contribution in [3.63, 3.8) is 0 Å². The summed E-state index contributed by atoms with van der Waals surface area (Å²) in [5, 5.41) is 3.92. The highest BCUT2D eigenvalue weighted by molar-refractivity contribution is 6.32. The summed E-state index contributed by atoms with van der Waals surface area (Å²) in [6, 6.07) is 4.31. The molecular weight excluding hydrogens is 214 g/mol. The summed E-state index contributed by atoms with van der Waals surface area (Å²) < 4.78 is 10.4. The van der Waals surface area contributed by atoms with E-state index >= 15 is 0 Å². The first kappa shape index (κ1) is 10.6. The van der Waals surface area contributed by atoms with Crippen molar-refractivity contribution in [3.05, 3.63) is 22.7 Å². The van der Waals surface area contributed by atoms with Gasteiger partial charge in [0.05, 0.1) is 19.2 Å². The average Bonchev–Trinajstić information content (AvgIpc) is 2.14. The molecule has 1 aromatic carbocycles. The van der Waals surface area contributed by atoms with Crippen molar-refractivity contribution in [1.82, 2.24) is 5.32 Å². The molecule has 1 atom stereocenters. The summed E-state index contributed by atoms with van der Waals surface area (Å²) in [6.07, 6.45) is 1.14. The Balaban J connectivity index is 2.37. The molecule has 1 aliphatic rings. The molecule has 3 nitrogen and oxygen atoms in total. The minimum atomic E-state index is 0.405. The summed E-state index contributed by atoms with van der Waals surface area (Å²) in [5.41, 5.74) is 1.16. The molecule has 0 bridgehead atoms. The second-order valence-corrected chi connectivity index (χ2v) is 3.94. The zero-order valence-electron chi connectivity index (χ0n) is 8.84. The summed E-state index contributed by atoms with van der Waals surface area (Å²) >= 11 is 6.11. The van der Waals surface area contributed by atoms with Crippen molar-refractivity contribution in [1.29, 1.82) is 0 Å². The molecular formula is C11H14ClNO2. The van der Waals surface area contributed by atoms with E-state index in [9.17, 15) is 0 Å². The Hall–Kier alpha value is -0.930. The SMILES string of the molecule is COc1cc(C2CCN2)cc(Cl)c1OC. The number of hydrogen-bond acceptors (Lipinski definition) is 3. The van der Waals surface area contributed by atoms with Gasteiger partial charge in [0.1, 0.15) is 0 Å². The second-order valence-electron chi connectivity index (χ2n) is 3.53. The monoisotopic (exact) mass is 227 g/mol. The van der Waals surface area contributed by atoms with Gasteiger partial charge < -0.3 is 14.8 Å². The van der Waals surface area contributed by atoms with Crippen LogP contribution in [0, 0.1) is 0 Å². The third-order valence-electron chi connectivity index (χ3n) is 2.68. The standard InChI is InChI=1S/C11H14ClNO2/c1-14-10-6-7(9-3-4-13-9)5-8(12)11(10)15-2/h5-6,9,13H,3-4H2,1-2H3. The van der Waals surface area contributed by atoms with Gasteiger partial charge in [-0.05, 0) is 30.7 Å². The molecule has 0 aromatic heterocycles. The molecule has 0 spiro atoms. The van der Waals surface area contributed by atoms with Crippen LogP contribution in [0.1, 0.15) is 18.0 Å². The van der Waals surface area contributed by atoms with E-state index in [-0.39, 0.29) is 0 Å². The molecule has 82 valence electrons. The lowest BCUT2D eigenvalue weighted by Crippen LogP contribution is -2.34. The van der Waals surface area contributed by atoms with Crippen LogP contribution in [0.5, 0.6) is 11.5 Å². The number of nitrogens with one attached hydrogen (secondary N) is 1. The van der Waals surface area contributed by atoms with Crippen molar-refractivity contribution in [3.8, 4) is 11.5 Å². The molecule has 1 unspecified atom stereocenters. The molecule has 1 heterocycles. The molecule has 15 heavy (non-hydrogen) atoms. The maximum atomic E-state index is 6.11. The zero-order valence-corrected chi connectivity index (χ0v) is 9.60. The van der Waals surface area contributed by atoms with Crippen LogP contribution in [-0.2, 0) is 0 Å². The number of benzene rings is 1. The number of rotatable bonds is 3. The Morgan fingerprint density at radius 1 is 1.33 bits per heavy atom. The van der Waals surface area contributed by atoms with E-state index in [1.807, 2.05) is 12.1 Å². The summed E-state index contributed by atoms with van der Waals surface area (Å²) in [4.78, 5) is 0. The van der Waals surface area contributed by atoms with Crippen LogP contribution >= 0.6 is 11.6 Å². The third-order valence-corrected chi connectivity index (χ3v) is 2.96. The first-order valence-corrected chi connectivity index (χ1v) is 5.29. The molecule has 0 aliphatic carbocycles. The average molecular weight is 228 g/mol. The van der Waals surface area contributed by atoms with Crippen molar-refractivity contribution < 1.29 is 9.47 Å². The summed E-state index contributed by atoms with van der Waals surface area (Å²) in [6.45, 7) is 1.07. The largest absolute Gasteiger partial charge is 0.493 e. The number of halogens is 1. The van der Waals surface area contributed by atoms with Crippen LogP contribution < -0.4 is 14.8 Å². The molecule has 1 aliphatic heterocycles. The Morgan fingerprint density at radius 2 is 2.07 bits per heavy atom. The predicted octanol–water partition coefficient (Wildman–Crippen LogP) is 2.39. The van der Waals surface area contributed by atoms with Crippen molar-refractivity contribution in [2.45, 2.75) is 12.5 Å². The van der Waals surface area contributed by atoms with Gasteiger partial charge in [0.15, 0.2) is 11.5 Å². The lowest BCUT2D eigenvalue weighted by Gasteiger charge is -2.28. The fourth-order valence-corrected chi connectivity index (χ4v) is 2.01. The van der Waals surface area contributed by atoms with Gasteiger partial charge in [-0.25, -0.2) is 0 Å². The van der Waals surface area contributed by atoms with Gasteiger partial charge in [-0.3, -0.25) is 0 Å². The molecule has 2 rings (SSSR count). The maximum Gasteiger partial charge on any atom is 0.179 e. The van der Waals surface area contributed by atoms with Crippen molar-refractivity contribution in [2.24, 2.45) is 0 Å². The molecule has 1 N–H and O–H groups in total. The molecule has 4 heteroatoms. The number of methoxy groups -OCH3 is 2. The molecule has 0 radical (unpaired) electrons. The van der Waals surface area contributed by atoms with Gasteiger partial charge in [0, 0.05) is 6.04 Å². The fraction of sp³-hybridized carbons (Fsp3) is 0.455. The van der Waals surface area contributed by atoms with Crippen LogP contribution in [-0.4, -0.2) is 20.8 Å². The van der Waals surface area contributed by atoms with E-state index in [0.29, 0.717) is 22.6 Å². The topological polar surface area (TPSA) is 30.5 Å². The van der Waals surface area contributed by atoms with Gasteiger partial charge in [-0.15, -0.1) is 0 Å². The van der Waals surface area contributed by atoms with Gasteiger partial charge in [-0.1, -0.05) is 11.6 Å². The summed E-state index contributed by atoms with van der Waals surface area (Å²) in [7, 11) is 3.21. The van der Waals surface area contributed by atoms with E-state index in [2.05, 4.69) is 5.32 Å². The van der Waals surface area contributed by atoms with Crippen molar-refractivity contribution >= 4 is 11.6 Å². The lowest BCUT2D eigenvalue weighted by atomic mass is 9.98.